The van der Waals surface area contributed by atoms with Gasteiger partial charge in [0.1, 0.15) is 5.76 Å². The molecule has 0 saturated carbocycles. The van der Waals surface area contributed by atoms with Gasteiger partial charge in [0.15, 0.2) is 0 Å². The third kappa shape index (κ3) is 5.70. The lowest BCUT2D eigenvalue weighted by molar-refractivity contribution is -0.121. The van der Waals surface area contributed by atoms with E-state index >= 15 is 0 Å². The van der Waals surface area contributed by atoms with Crippen LogP contribution in [0, 0.1) is 6.92 Å². The van der Waals surface area contributed by atoms with Crippen LogP contribution in [-0.4, -0.2) is 24.3 Å². The van der Waals surface area contributed by atoms with Crippen molar-refractivity contribution in [2.24, 2.45) is 0 Å². The Balaban J connectivity index is 1.73. The molecule has 0 aliphatic heterocycles. The molecule has 0 aliphatic rings. The summed E-state index contributed by atoms with van der Waals surface area (Å²) in [5, 5.41) is 2.68. The van der Waals surface area contributed by atoms with Gasteiger partial charge in [0.2, 0.25) is 5.91 Å². The number of furan rings is 1. The monoisotopic (exact) mass is 371 g/mol. The number of aryl methyl sites for hydroxylation is 1. The molecule has 0 fully saturated rings. The van der Waals surface area contributed by atoms with E-state index in [4.69, 9.17) is 4.42 Å². The summed E-state index contributed by atoms with van der Waals surface area (Å²) in [6.45, 7) is 8.13. The van der Waals surface area contributed by atoms with Crippen molar-refractivity contribution < 1.29 is 18.8 Å². The molecule has 3 N–H and O–H groups in total. The minimum Gasteiger partial charge on any atom is -0.469 e. The number of hydrogen-bond donors (Lipinski definition) is 3. The second-order valence-corrected chi connectivity index (χ2v) is 7.23. The number of rotatable bonds is 5. The largest absolute Gasteiger partial charge is 0.469 e. The van der Waals surface area contributed by atoms with Crippen LogP contribution in [0.25, 0.3) is 0 Å². The lowest BCUT2D eigenvalue weighted by Gasteiger charge is -2.19. The Morgan fingerprint density at radius 3 is 2.19 bits per heavy atom. The lowest BCUT2D eigenvalue weighted by Crippen LogP contribution is -2.42. The van der Waals surface area contributed by atoms with Gasteiger partial charge in [0, 0.05) is 18.5 Å². The molecule has 0 aliphatic carbocycles. The van der Waals surface area contributed by atoms with Crippen molar-refractivity contribution >= 4 is 17.7 Å². The van der Waals surface area contributed by atoms with Gasteiger partial charge >= 0.3 is 0 Å². The highest BCUT2D eigenvalue weighted by Crippen LogP contribution is 2.22. The molecule has 7 nitrogen and oxygen atoms in total. The molecule has 2 rings (SSSR count). The fourth-order valence-corrected chi connectivity index (χ4v) is 2.39. The number of hydrogen-bond acceptors (Lipinski definition) is 4. The number of nitrogens with one attached hydrogen (secondary N) is 3. The first kappa shape index (κ1) is 20.2. The lowest BCUT2D eigenvalue weighted by atomic mass is 9.87. The average molecular weight is 371 g/mol. The van der Waals surface area contributed by atoms with Gasteiger partial charge in [0.05, 0.1) is 11.8 Å². The van der Waals surface area contributed by atoms with E-state index in [0.717, 1.165) is 5.56 Å². The maximum atomic E-state index is 12.1. The molecule has 0 atom stereocenters. The Labute approximate surface area is 158 Å². The highest BCUT2D eigenvalue weighted by Gasteiger charge is 2.15. The Bertz CT molecular complexity index is 816. The van der Waals surface area contributed by atoms with Crippen LogP contribution in [0.5, 0.6) is 0 Å². The summed E-state index contributed by atoms with van der Waals surface area (Å²) in [5.74, 6) is -0.654. The van der Waals surface area contributed by atoms with Crippen molar-refractivity contribution in [3.8, 4) is 0 Å². The Kier molecular flexibility index (Phi) is 6.39. The maximum Gasteiger partial charge on any atom is 0.273 e. The predicted molar refractivity (Wildman–Crippen MR) is 101 cm³/mol. The molecular weight excluding hydrogens is 346 g/mol. The van der Waals surface area contributed by atoms with Crippen LogP contribution in [0.4, 0.5) is 0 Å². The number of carbonyl (C=O) groups excluding carboxylic acids is 3. The summed E-state index contributed by atoms with van der Waals surface area (Å²) < 4.78 is 5.03. The van der Waals surface area contributed by atoms with Crippen molar-refractivity contribution in [2.75, 3.05) is 6.54 Å². The second-order valence-electron chi connectivity index (χ2n) is 7.23. The number of amides is 3. The van der Waals surface area contributed by atoms with Gasteiger partial charge in [-0.3, -0.25) is 25.2 Å². The summed E-state index contributed by atoms with van der Waals surface area (Å²) in [4.78, 5) is 35.7. The average Bonchev–Trinajstić information content (AvgIpc) is 3.05. The smallest absolute Gasteiger partial charge is 0.273 e. The Morgan fingerprint density at radius 2 is 1.63 bits per heavy atom. The van der Waals surface area contributed by atoms with Crippen molar-refractivity contribution in [3.63, 3.8) is 0 Å². The minimum atomic E-state index is -0.461. The minimum absolute atomic E-state index is 0.0204. The van der Waals surface area contributed by atoms with Crippen LogP contribution < -0.4 is 16.2 Å². The fourth-order valence-electron chi connectivity index (χ4n) is 2.39. The van der Waals surface area contributed by atoms with Gasteiger partial charge in [-0.15, -0.1) is 0 Å². The van der Waals surface area contributed by atoms with E-state index in [0.29, 0.717) is 16.9 Å². The van der Waals surface area contributed by atoms with E-state index in [-0.39, 0.29) is 24.3 Å². The summed E-state index contributed by atoms with van der Waals surface area (Å²) in [7, 11) is 0. The van der Waals surface area contributed by atoms with Crippen molar-refractivity contribution in [2.45, 2.75) is 39.5 Å². The van der Waals surface area contributed by atoms with E-state index < -0.39 is 11.8 Å². The normalized spacial score (nSPS) is 11.0. The maximum absolute atomic E-state index is 12.1. The van der Waals surface area contributed by atoms with Gasteiger partial charge in [-0.1, -0.05) is 32.9 Å². The van der Waals surface area contributed by atoms with Crippen LogP contribution in [0.15, 0.2) is 41.0 Å². The van der Waals surface area contributed by atoms with E-state index in [1.807, 2.05) is 12.1 Å². The van der Waals surface area contributed by atoms with Gasteiger partial charge in [-0.2, -0.15) is 0 Å². The molecule has 7 heteroatoms. The molecule has 0 unspecified atom stereocenters. The van der Waals surface area contributed by atoms with Gasteiger partial charge < -0.3 is 9.73 Å². The van der Waals surface area contributed by atoms with E-state index in [1.54, 1.807) is 19.1 Å². The van der Waals surface area contributed by atoms with E-state index in [1.165, 1.54) is 12.3 Å². The second kappa shape index (κ2) is 8.53. The SMILES string of the molecule is Cc1occc1C(=O)NNC(=O)CCNC(=O)c1ccc(C(C)(C)C)cc1. The zero-order valence-electron chi connectivity index (χ0n) is 16.0. The molecule has 0 saturated heterocycles. The molecule has 2 aromatic rings. The fraction of sp³-hybridized carbons (Fsp3) is 0.350. The molecule has 1 heterocycles. The molecule has 0 radical (unpaired) electrons. The standard InChI is InChI=1S/C20H25N3O4/c1-13-16(10-12-27-13)19(26)23-22-17(24)9-11-21-18(25)14-5-7-15(8-6-14)20(2,3)4/h5-8,10,12H,9,11H2,1-4H3,(H,21,25)(H,22,24)(H,23,26). The summed E-state index contributed by atoms with van der Waals surface area (Å²) in [6, 6.07) is 8.90. The van der Waals surface area contributed by atoms with E-state index in [9.17, 15) is 14.4 Å². The first-order chi connectivity index (χ1) is 12.7. The third-order valence-electron chi connectivity index (χ3n) is 4.07. The van der Waals surface area contributed by atoms with Gasteiger partial charge in [-0.05, 0) is 36.1 Å². The van der Waals surface area contributed by atoms with Crippen molar-refractivity contribution in [1.29, 1.82) is 0 Å². The molecule has 0 bridgehead atoms. The van der Waals surface area contributed by atoms with Crippen LogP contribution in [0.1, 0.15) is 59.2 Å². The quantitative estimate of drug-likeness (QED) is 0.703. The number of benzene rings is 1. The molecule has 1 aromatic heterocycles. The Hall–Kier alpha value is -3.09. The molecule has 144 valence electrons. The van der Waals surface area contributed by atoms with Crippen LogP contribution in [0.2, 0.25) is 0 Å². The van der Waals surface area contributed by atoms with E-state index in [2.05, 4.69) is 36.9 Å². The highest BCUT2D eigenvalue weighted by atomic mass is 16.3. The topological polar surface area (TPSA) is 100 Å². The predicted octanol–water partition coefficient (Wildman–Crippen LogP) is 2.47. The molecular formula is C20H25N3O4. The number of hydrazine groups is 1. The zero-order chi connectivity index (χ0) is 20.0. The summed E-state index contributed by atoms with van der Waals surface area (Å²) in [5.41, 5.74) is 6.65. The van der Waals surface area contributed by atoms with Crippen LogP contribution in [-0.2, 0) is 10.2 Å². The first-order valence-electron chi connectivity index (χ1n) is 8.70. The zero-order valence-corrected chi connectivity index (χ0v) is 16.0. The summed E-state index contributed by atoms with van der Waals surface area (Å²) in [6.07, 6.45) is 1.44. The number of carbonyl (C=O) groups is 3. The Morgan fingerprint density at radius 1 is 0.963 bits per heavy atom. The van der Waals surface area contributed by atoms with Gasteiger partial charge in [0.25, 0.3) is 11.8 Å². The van der Waals surface area contributed by atoms with Crippen LogP contribution in [0.3, 0.4) is 0 Å². The van der Waals surface area contributed by atoms with Gasteiger partial charge in [-0.25, -0.2) is 0 Å². The molecule has 0 spiro atoms. The highest BCUT2D eigenvalue weighted by molar-refractivity contribution is 5.96. The molecule has 3 amide bonds. The third-order valence-corrected chi connectivity index (χ3v) is 4.07. The summed E-state index contributed by atoms with van der Waals surface area (Å²) >= 11 is 0. The van der Waals surface area contributed by atoms with Crippen molar-refractivity contribution in [1.82, 2.24) is 16.2 Å². The first-order valence-corrected chi connectivity index (χ1v) is 8.70. The molecule has 27 heavy (non-hydrogen) atoms. The van der Waals surface area contributed by atoms with Crippen LogP contribution >= 0.6 is 0 Å². The van der Waals surface area contributed by atoms with Crippen molar-refractivity contribution in [3.05, 3.63) is 59.0 Å². The molecule has 1 aromatic carbocycles.